The highest BCUT2D eigenvalue weighted by atomic mass is 32.2. The Labute approximate surface area is 84.6 Å². The van der Waals surface area contributed by atoms with E-state index in [1.807, 2.05) is 13.8 Å². The van der Waals surface area contributed by atoms with Crippen LogP contribution in [-0.2, 0) is 14.8 Å². The van der Waals surface area contributed by atoms with Gasteiger partial charge in [-0.05, 0) is 12.3 Å². The maximum Gasteiger partial charge on any atom is 0.303 e. The molecule has 2 N–H and O–H groups in total. The first kappa shape index (κ1) is 13.4. The Hall–Kier alpha value is -0.620. The molecule has 0 aromatic heterocycles. The molecule has 0 bridgehead atoms. The molecule has 0 radical (unpaired) electrons. The third-order valence-corrected chi connectivity index (χ3v) is 3.19. The number of sulfonamides is 1. The van der Waals surface area contributed by atoms with E-state index in [0.717, 1.165) is 0 Å². The van der Waals surface area contributed by atoms with Crippen molar-refractivity contribution in [2.45, 2.75) is 26.7 Å². The van der Waals surface area contributed by atoms with Crippen molar-refractivity contribution in [2.24, 2.45) is 5.92 Å². The van der Waals surface area contributed by atoms with E-state index in [2.05, 4.69) is 4.72 Å². The van der Waals surface area contributed by atoms with Crippen LogP contribution < -0.4 is 4.72 Å². The summed E-state index contributed by atoms with van der Waals surface area (Å²) >= 11 is 0. The molecule has 0 aliphatic heterocycles. The second-order valence-corrected chi connectivity index (χ2v) is 5.42. The molecule has 0 aliphatic rings. The zero-order valence-corrected chi connectivity index (χ0v) is 9.30. The lowest BCUT2D eigenvalue weighted by Crippen LogP contribution is -2.29. The Kier molecular flexibility index (Phi) is 5.71. The van der Waals surface area contributed by atoms with Crippen LogP contribution in [0.2, 0.25) is 0 Å². The van der Waals surface area contributed by atoms with E-state index < -0.39 is 16.0 Å². The monoisotopic (exact) mass is 223 g/mol. The molecule has 14 heavy (non-hydrogen) atoms. The molecule has 84 valence electrons. The molecule has 0 saturated carbocycles. The number of rotatable bonds is 7. The van der Waals surface area contributed by atoms with Crippen LogP contribution in [0.4, 0.5) is 0 Å². The Morgan fingerprint density at radius 1 is 1.43 bits per heavy atom. The predicted octanol–water partition coefficient (Wildman–Crippen LogP) is 0.427. The Bertz CT molecular complexity index is 271. The van der Waals surface area contributed by atoms with E-state index in [0.29, 0.717) is 6.42 Å². The molecule has 0 spiro atoms. The van der Waals surface area contributed by atoms with E-state index in [-0.39, 0.29) is 24.6 Å². The normalized spacial score (nSPS) is 11.9. The van der Waals surface area contributed by atoms with Crippen molar-refractivity contribution in [1.82, 2.24) is 4.72 Å². The van der Waals surface area contributed by atoms with Gasteiger partial charge in [0.2, 0.25) is 10.0 Å². The van der Waals surface area contributed by atoms with E-state index >= 15 is 0 Å². The van der Waals surface area contributed by atoms with Crippen molar-refractivity contribution in [3.05, 3.63) is 0 Å². The highest BCUT2D eigenvalue weighted by Crippen LogP contribution is 1.97. The molecule has 0 aromatic carbocycles. The molecule has 0 fully saturated rings. The fourth-order valence-corrected chi connectivity index (χ4v) is 2.42. The summed E-state index contributed by atoms with van der Waals surface area (Å²) in [6.45, 7) is 3.83. The van der Waals surface area contributed by atoms with Gasteiger partial charge in [0.1, 0.15) is 0 Å². The van der Waals surface area contributed by atoms with Crippen LogP contribution >= 0.6 is 0 Å². The summed E-state index contributed by atoms with van der Waals surface area (Å²) in [6, 6.07) is 0. The molecule has 0 saturated heterocycles. The van der Waals surface area contributed by atoms with E-state index in [1.165, 1.54) is 0 Å². The molecule has 0 heterocycles. The number of hydrogen-bond acceptors (Lipinski definition) is 3. The molecule has 0 amide bonds. The first-order valence-corrected chi connectivity index (χ1v) is 6.18. The zero-order chi connectivity index (χ0) is 11.2. The van der Waals surface area contributed by atoms with Crippen molar-refractivity contribution in [2.75, 3.05) is 12.3 Å². The third kappa shape index (κ3) is 8.00. The standard InChI is InChI=1S/C8H17NO4S/c1-7(2)6-14(12,13)9-5-3-4-8(10)11/h7,9H,3-6H2,1-2H3,(H,10,11). The highest BCUT2D eigenvalue weighted by molar-refractivity contribution is 7.89. The minimum Gasteiger partial charge on any atom is -0.481 e. The molecule has 0 atom stereocenters. The lowest BCUT2D eigenvalue weighted by Gasteiger charge is -2.07. The van der Waals surface area contributed by atoms with Crippen LogP contribution in [0.1, 0.15) is 26.7 Å². The molecular formula is C8H17NO4S. The van der Waals surface area contributed by atoms with Crippen LogP contribution in [0.25, 0.3) is 0 Å². The van der Waals surface area contributed by atoms with Crippen LogP contribution in [0.3, 0.4) is 0 Å². The van der Waals surface area contributed by atoms with Crippen molar-refractivity contribution in [3.63, 3.8) is 0 Å². The fraction of sp³-hybridized carbons (Fsp3) is 0.875. The number of nitrogens with one attached hydrogen (secondary N) is 1. The average molecular weight is 223 g/mol. The number of aliphatic carboxylic acids is 1. The smallest absolute Gasteiger partial charge is 0.303 e. The lowest BCUT2D eigenvalue weighted by atomic mass is 10.3. The summed E-state index contributed by atoms with van der Waals surface area (Å²) < 4.78 is 24.8. The summed E-state index contributed by atoms with van der Waals surface area (Å²) in [5, 5.41) is 8.31. The molecule has 0 rings (SSSR count). The topological polar surface area (TPSA) is 83.5 Å². The molecule has 5 nitrogen and oxygen atoms in total. The summed E-state index contributed by atoms with van der Waals surface area (Å²) in [5.74, 6) is -0.750. The van der Waals surface area contributed by atoms with Crippen LogP contribution in [0.5, 0.6) is 0 Å². The number of carboxylic acids is 1. The van der Waals surface area contributed by atoms with Crippen molar-refractivity contribution < 1.29 is 18.3 Å². The molecule has 0 unspecified atom stereocenters. The van der Waals surface area contributed by atoms with Crippen LogP contribution in [0.15, 0.2) is 0 Å². The van der Waals surface area contributed by atoms with Gasteiger partial charge in [-0.15, -0.1) is 0 Å². The first-order chi connectivity index (χ1) is 6.33. The van der Waals surface area contributed by atoms with E-state index in [4.69, 9.17) is 5.11 Å². The van der Waals surface area contributed by atoms with Gasteiger partial charge < -0.3 is 5.11 Å². The summed E-state index contributed by atoms with van der Waals surface area (Å²) in [5.41, 5.74) is 0. The van der Waals surface area contributed by atoms with Crippen molar-refractivity contribution in [3.8, 4) is 0 Å². The quantitative estimate of drug-likeness (QED) is 0.613. The second kappa shape index (κ2) is 5.98. The second-order valence-electron chi connectivity index (χ2n) is 3.57. The van der Waals surface area contributed by atoms with Gasteiger partial charge in [-0.2, -0.15) is 0 Å². The maximum atomic E-state index is 11.2. The van der Waals surface area contributed by atoms with Crippen molar-refractivity contribution >= 4 is 16.0 Å². The lowest BCUT2D eigenvalue weighted by molar-refractivity contribution is -0.137. The van der Waals surface area contributed by atoms with Gasteiger partial charge in [0.05, 0.1) is 5.75 Å². The number of hydrogen-bond donors (Lipinski definition) is 2. The minimum atomic E-state index is -3.22. The largest absolute Gasteiger partial charge is 0.481 e. The van der Waals surface area contributed by atoms with Gasteiger partial charge in [0, 0.05) is 13.0 Å². The first-order valence-electron chi connectivity index (χ1n) is 4.52. The van der Waals surface area contributed by atoms with Gasteiger partial charge in [-0.3, -0.25) is 4.79 Å². The van der Waals surface area contributed by atoms with Crippen LogP contribution in [0, 0.1) is 5.92 Å². The summed E-state index contributed by atoms with van der Waals surface area (Å²) in [6.07, 6.45) is 0.316. The Morgan fingerprint density at radius 3 is 2.43 bits per heavy atom. The Morgan fingerprint density at radius 2 is 2.00 bits per heavy atom. The van der Waals surface area contributed by atoms with Gasteiger partial charge in [-0.1, -0.05) is 13.8 Å². The number of carboxylic acid groups (broad SMARTS) is 1. The van der Waals surface area contributed by atoms with Gasteiger partial charge in [0.15, 0.2) is 0 Å². The highest BCUT2D eigenvalue weighted by Gasteiger charge is 2.11. The fourth-order valence-electron chi connectivity index (χ4n) is 0.965. The van der Waals surface area contributed by atoms with Crippen LogP contribution in [-0.4, -0.2) is 31.8 Å². The van der Waals surface area contributed by atoms with Gasteiger partial charge >= 0.3 is 5.97 Å². The summed E-state index contributed by atoms with van der Waals surface area (Å²) in [7, 11) is -3.22. The molecule has 0 aromatic rings. The predicted molar refractivity (Wildman–Crippen MR) is 53.5 cm³/mol. The zero-order valence-electron chi connectivity index (χ0n) is 8.49. The Balaban J connectivity index is 3.72. The maximum absolute atomic E-state index is 11.2. The molecule has 6 heteroatoms. The average Bonchev–Trinajstić information content (AvgIpc) is 1.95. The number of carbonyl (C=O) groups is 1. The van der Waals surface area contributed by atoms with E-state index in [1.54, 1.807) is 0 Å². The summed E-state index contributed by atoms with van der Waals surface area (Å²) in [4.78, 5) is 10.1. The van der Waals surface area contributed by atoms with Crippen molar-refractivity contribution in [1.29, 1.82) is 0 Å². The third-order valence-electron chi connectivity index (χ3n) is 1.44. The van der Waals surface area contributed by atoms with Gasteiger partial charge in [0.25, 0.3) is 0 Å². The van der Waals surface area contributed by atoms with Gasteiger partial charge in [-0.25, -0.2) is 13.1 Å². The van der Waals surface area contributed by atoms with E-state index in [9.17, 15) is 13.2 Å². The SMILES string of the molecule is CC(C)CS(=O)(=O)NCCCC(=O)O. The molecule has 0 aliphatic carbocycles. The molecular weight excluding hydrogens is 206 g/mol. The minimum absolute atomic E-state index is 0.00972.